The molecule has 10 heteroatoms. The number of hydrogen-bond acceptors (Lipinski definition) is 6. The molecule has 3 aromatic rings. The fraction of sp³-hybridized carbons (Fsp3) is 0.250. The van der Waals surface area contributed by atoms with Crippen molar-refractivity contribution in [3.05, 3.63) is 88.8 Å². The highest BCUT2D eigenvalue weighted by Crippen LogP contribution is 2.36. The number of hydrogen-bond donors (Lipinski definition) is 1. The molecule has 1 saturated heterocycles. The Labute approximate surface area is 202 Å². The Morgan fingerprint density at radius 1 is 1.09 bits per heavy atom. The van der Waals surface area contributed by atoms with Crippen LogP contribution in [0.15, 0.2) is 66.9 Å². The summed E-state index contributed by atoms with van der Waals surface area (Å²) in [5, 5.41) is 1.75. The third-order valence-electron chi connectivity index (χ3n) is 5.40. The summed E-state index contributed by atoms with van der Waals surface area (Å²) < 4.78 is 25.6. The van der Waals surface area contributed by atoms with Gasteiger partial charge in [0.15, 0.2) is 15.2 Å². The van der Waals surface area contributed by atoms with E-state index < -0.39 is 32.8 Å². The van der Waals surface area contributed by atoms with Gasteiger partial charge < -0.3 is 5.32 Å². The molecule has 0 bridgehead atoms. The van der Waals surface area contributed by atoms with Crippen LogP contribution in [0.4, 0.5) is 5.82 Å². The van der Waals surface area contributed by atoms with E-state index in [0.717, 1.165) is 24.2 Å². The first-order chi connectivity index (χ1) is 16.3. The number of amides is 2. The van der Waals surface area contributed by atoms with E-state index in [1.54, 1.807) is 6.07 Å². The highest BCUT2D eigenvalue weighted by atomic mass is 35.5. The fourth-order valence-corrected chi connectivity index (χ4v) is 5.65. The van der Waals surface area contributed by atoms with Gasteiger partial charge in [0.25, 0.3) is 5.91 Å². The standard InChI is InChI=1S/C24H23ClN4O4S/c25-18-12-14-26-21(15-18)29-22(30)16-34(32,33)24(29)20-11-6-10-19(28-20)23(31)27-13-5-4-9-17-7-2-1-3-8-17/h1-3,6-8,10-12,14-15,24H,4-5,9,13,16H2,(H,27,31). The van der Waals surface area contributed by atoms with Crippen molar-refractivity contribution in [2.24, 2.45) is 0 Å². The third kappa shape index (κ3) is 5.43. The van der Waals surface area contributed by atoms with Crippen molar-refractivity contribution in [2.45, 2.75) is 24.6 Å². The summed E-state index contributed by atoms with van der Waals surface area (Å²) in [6, 6.07) is 17.6. The molecule has 4 rings (SSSR count). The van der Waals surface area contributed by atoms with Gasteiger partial charge >= 0.3 is 0 Å². The predicted molar refractivity (Wildman–Crippen MR) is 129 cm³/mol. The predicted octanol–water partition coefficient (Wildman–Crippen LogP) is 3.34. The molecule has 34 heavy (non-hydrogen) atoms. The molecule has 0 aliphatic carbocycles. The average Bonchev–Trinajstić information content (AvgIpc) is 3.07. The summed E-state index contributed by atoms with van der Waals surface area (Å²) in [4.78, 5) is 34.6. The number of nitrogens with zero attached hydrogens (tertiary/aromatic N) is 3. The molecule has 1 unspecified atom stereocenters. The van der Waals surface area contributed by atoms with E-state index in [0.29, 0.717) is 11.6 Å². The van der Waals surface area contributed by atoms with Gasteiger partial charge in [-0.15, -0.1) is 0 Å². The molecule has 3 heterocycles. The highest BCUT2D eigenvalue weighted by Gasteiger charge is 2.47. The number of pyridine rings is 2. The van der Waals surface area contributed by atoms with Gasteiger partial charge in [-0.05, 0) is 49.1 Å². The van der Waals surface area contributed by atoms with Crippen LogP contribution in [-0.2, 0) is 21.1 Å². The van der Waals surface area contributed by atoms with Gasteiger partial charge in [-0.1, -0.05) is 48.0 Å². The van der Waals surface area contributed by atoms with Crippen LogP contribution in [0.5, 0.6) is 0 Å². The lowest BCUT2D eigenvalue weighted by atomic mass is 10.1. The molecule has 0 spiro atoms. The van der Waals surface area contributed by atoms with E-state index in [9.17, 15) is 18.0 Å². The number of rotatable bonds is 8. The lowest BCUT2D eigenvalue weighted by molar-refractivity contribution is -0.115. The zero-order valence-corrected chi connectivity index (χ0v) is 19.8. The Bertz CT molecular complexity index is 1300. The Balaban J connectivity index is 1.46. The van der Waals surface area contributed by atoms with Gasteiger partial charge in [-0.2, -0.15) is 0 Å². The molecule has 1 aromatic carbocycles. The number of unbranched alkanes of at least 4 members (excludes halogenated alkanes) is 1. The van der Waals surface area contributed by atoms with E-state index in [1.165, 1.54) is 36.0 Å². The Morgan fingerprint density at radius 2 is 1.88 bits per heavy atom. The van der Waals surface area contributed by atoms with E-state index in [2.05, 4.69) is 27.4 Å². The molecular formula is C24H23ClN4O4S. The maximum Gasteiger partial charge on any atom is 0.269 e. The number of anilines is 1. The molecule has 1 aliphatic rings. The first-order valence-corrected chi connectivity index (χ1v) is 12.9. The number of benzene rings is 1. The molecule has 0 radical (unpaired) electrons. The molecule has 0 saturated carbocycles. The van der Waals surface area contributed by atoms with Crippen LogP contribution in [0.1, 0.15) is 40.0 Å². The first kappa shape index (κ1) is 23.8. The van der Waals surface area contributed by atoms with Gasteiger partial charge in [0, 0.05) is 17.8 Å². The lowest BCUT2D eigenvalue weighted by Gasteiger charge is -2.22. The van der Waals surface area contributed by atoms with Crippen LogP contribution in [0.2, 0.25) is 5.02 Å². The van der Waals surface area contributed by atoms with Gasteiger partial charge in [-0.3, -0.25) is 14.5 Å². The molecular weight excluding hydrogens is 476 g/mol. The molecule has 1 fully saturated rings. The lowest BCUT2D eigenvalue weighted by Crippen LogP contribution is -2.31. The minimum absolute atomic E-state index is 0.0735. The Morgan fingerprint density at radius 3 is 2.65 bits per heavy atom. The first-order valence-electron chi connectivity index (χ1n) is 10.8. The second kappa shape index (κ2) is 10.3. The van der Waals surface area contributed by atoms with Gasteiger partial charge in [-0.25, -0.2) is 18.4 Å². The van der Waals surface area contributed by atoms with Crippen molar-refractivity contribution in [1.82, 2.24) is 15.3 Å². The zero-order chi connectivity index (χ0) is 24.1. The summed E-state index contributed by atoms with van der Waals surface area (Å²) in [5.74, 6) is -1.60. The quantitative estimate of drug-likeness (QED) is 0.477. The smallest absolute Gasteiger partial charge is 0.269 e. The van der Waals surface area contributed by atoms with Crippen LogP contribution in [0.25, 0.3) is 0 Å². The van der Waals surface area contributed by atoms with Crippen molar-refractivity contribution in [2.75, 3.05) is 17.2 Å². The van der Waals surface area contributed by atoms with Crippen molar-refractivity contribution in [3.8, 4) is 0 Å². The van der Waals surface area contributed by atoms with Crippen LogP contribution in [-0.4, -0.2) is 42.5 Å². The Hall–Kier alpha value is -3.30. The minimum atomic E-state index is -3.89. The maximum atomic E-state index is 12.8. The third-order valence-corrected chi connectivity index (χ3v) is 7.42. The second-order valence-corrected chi connectivity index (χ2v) is 10.4. The molecule has 2 amide bonds. The zero-order valence-electron chi connectivity index (χ0n) is 18.2. The van der Waals surface area contributed by atoms with Crippen LogP contribution >= 0.6 is 11.6 Å². The number of nitrogens with one attached hydrogen (secondary N) is 1. The number of carbonyl (C=O) groups is 2. The summed E-state index contributed by atoms with van der Waals surface area (Å²) in [5.41, 5.74) is 1.40. The van der Waals surface area contributed by atoms with E-state index in [1.807, 2.05) is 18.2 Å². The number of aryl methyl sites for hydroxylation is 1. The molecule has 1 aliphatic heterocycles. The second-order valence-electron chi connectivity index (χ2n) is 7.90. The SMILES string of the molecule is O=C(NCCCCc1ccccc1)c1cccc(C2N(c3cc(Cl)ccn3)C(=O)CS2(=O)=O)n1. The number of halogens is 1. The monoisotopic (exact) mass is 498 g/mol. The fourth-order valence-electron chi connectivity index (χ4n) is 3.81. The average molecular weight is 499 g/mol. The van der Waals surface area contributed by atoms with Crippen molar-refractivity contribution in [3.63, 3.8) is 0 Å². The van der Waals surface area contributed by atoms with Crippen molar-refractivity contribution < 1.29 is 18.0 Å². The number of carbonyl (C=O) groups excluding carboxylic acids is 2. The van der Waals surface area contributed by atoms with E-state index >= 15 is 0 Å². The van der Waals surface area contributed by atoms with Crippen LogP contribution in [0, 0.1) is 0 Å². The van der Waals surface area contributed by atoms with Gasteiger partial charge in [0.1, 0.15) is 17.3 Å². The van der Waals surface area contributed by atoms with Gasteiger partial charge in [0.05, 0.1) is 5.69 Å². The molecule has 1 atom stereocenters. The highest BCUT2D eigenvalue weighted by molar-refractivity contribution is 7.93. The summed E-state index contributed by atoms with van der Waals surface area (Å²) >= 11 is 6.01. The largest absolute Gasteiger partial charge is 0.351 e. The summed E-state index contributed by atoms with van der Waals surface area (Å²) in [7, 11) is -3.89. The topological polar surface area (TPSA) is 109 Å². The Kier molecular flexibility index (Phi) is 7.23. The maximum absolute atomic E-state index is 12.8. The van der Waals surface area contributed by atoms with Crippen molar-refractivity contribution >= 4 is 39.1 Å². The molecule has 8 nitrogen and oxygen atoms in total. The number of aromatic nitrogens is 2. The normalized spacial score (nSPS) is 17.0. The summed E-state index contributed by atoms with van der Waals surface area (Å²) in [6.07, 6.45) is 4.02. The van der Waals surface area contributed by atoms with E-state index in [-0.39, 0.29) is 17.2 Å². The molecule has 176 valence electrons. The summed E-state index contributed by atoms with van der Waals surface area (Å²) in [6.45, 7) is 0.469. The van der Waals surface area contributed by atoms with Crippen molar-refractivity contribution in [1.29, 1.82) is 0 Å². The van der Waals surface area contributed by atoms with Gasteiger partial charge in [0.2, 0.25) is 5.91 Å². The molecule has 1 N–H and O–H groups in total. The van der Waals surface area contributed by atoms with Crippen LogP contribution < -0.4 is 10.2 Å². The minimum Gasteiger partial charge on any atom is -0.351 e. The number of sulfone groups is 1. The molecule has 2 aromatic heterocycles. The van der Waals surface area contributed by atoms with Crippen LogP contribution in [0.3, 0.4) is 0 Å². The van der Waals surface area contributed by atoms with E-state index in [4.69, 9.17) is 11.6 Å².